The Kier molecular flexibility index (Phi) is 6.51. The van der Waals surface area contributed by atoms with Gasteiger partial charge < -0.3 is 19.9 Å². The van der Waals surface area contributed by atoms with Crippen molar-refractivity contribution in [2.45, 2.75) is 32.9 Å². The normalized spacial score (nSPS) is 12.0. The second-order valence-electron chi connectivity index (χ2n) is 5.32. The molecule has 0 unspecified atom stereocenters. The molecule has 0 aromatic carbocycles. The van der Waals surface area contributed by atoms with Crippen LogP contribution in [0.5, 0.6) is 0 Å². The van der Waals surface area contributed by atoms with Gasteiger partial charge in [0.15, 0.2) is 5.82 Å². The molecule has 1 atom stereocenters. The highest BCUT2D eigenvalue weighted by Crippen LogP contribution is 2.16. The molecule has 0 spiro atoms. The maximum atomic E-state index is 12.2. The maximum absolute atomic E-state index is 12.2. The number of amides is 2. The third-order valence-electron chi connectivity index (χ3n) is 3.43. The maximum Gasteiger partial charge on any atom is 0.319 e. The van der Waals surface area contributed by atoms with Crippen molar-refractivity contribution < 1.29 is 9.53 Å². The largest absolute Gasteiger partial charge is 0.385 e. The smallest absolute Gasteiger partial charge is 0.319 e. The lowest BCUT2D eigenvalue weighted by atomic mass is 10.3. The quantitative estimate of drug-likeness (QED) is 0.590. The van der Waals surface area contributed by atoms with Gasteiger partial charge in [-0.15, -0.1) is 10.2 Å². The summed E-state index contributed by atoms with van der Waals surface area (Å²) >= 11 is 5.81. The molecule has 2 aromatic heterocycles. The van der Waals surface area contributed by atoms with E-state index in [1.165, 1.54) is 0 Å². The summed E-state index contributed by atoms with van der Waals surface area (Å²) in [5.41, 5.74) is 1.25. The van der Waals surface area contributed by atoms with Gasteiger partial charge in [-0.3, -0.25) is 0 Å². The number of rotatable bonds is 7. The molecule has 0 bridgehead atoms. The van der Waals surface area contributed by atoms with Gasteiger partial charge in [0.2, 0.25) is 0 Å². The second-order valence-corrected chi connectivity index (χ2v) is 5.70. The predicted molar refractivity (Wildman–Crippen MR) is 91.1 cm³/mol. The molecule has 2 rings (SSSR count). The molecule has 130 valence electrons. The van der Waals surface area contributed by atoms with Crippen LogP contribution in [0.15, 0.2) is 18.5 Å². The van der Waals surface area contributed by atoms with E-state index in [9.17, 15) is 4.79 Å². The Bertz CT molecular complexity index is 690. The fraction of sp³-hybridized carbons (Fsp3) is 0.467. The van der Waals surface area contributed by atoms with E-state index in [2.05, 4.69) is 25.8 Å². The van der Waals surface area contributed by atoms with Gasteiger partial charge in [0.05, 0.1) is 17.4 Å². The molecule has 0 aliphatic carbocycles. The average Bonchev–Trinajstić information content (AvgIpc) is 2.99. The van der Waals surface area contributed by atoms with E-state index in [0.29, 0.717) is 29.0 Å². The van der Waals surface area contributed by atoms with Crippen LogP contribution in [0.2, 0.25) is 5.15 Å². The van der Waals surface area contributed by atoms with E-state index in [1.807, 2.05) is 11.5 Å². The molecule has 2 heterocycles. The van der Waals surface area contributed by atoms with Crippen molar-refractivity contribution in [3.8, 4) is 0 Å². The molecule has 0 aliphatic rings. The van der Waals surface area contributed by atoms with Gasteiger partial charge in [-0.1, -0.05) is 11.6 Å². The van der Waals surface area contributed by atoms with E-state index in [-0.39, 0.29) is 12.1 Å². The van der Waals surface area contributed by atoms with Crippen molar-refractivity contribution in [1.82, 2.24) is 25.1 Å². The highest BCUT2D eigenvalue weighted by atomic mass is 35.5. The standard InChI is InChI=1S/C15H21ClN6O2/c1-10-12(5-6-13(16)18-10)20-15(23)19-11(2)14-21-17-9-22(14)7-4-8-24-3/h5-6,9,11H,4,7-8H2,1-3H3,(H2,19,20,23)/t11-/m1/s1. The first-order valence-electron chi connectivity index (χ1n) is 7.58. The zero-order chi connectivity index (χ0) is 17.5. The zero-order valence-corrected chi connectivity index (χ0v) is 14.7. The van der Waals surface area contributed by atoms with Crippen LogP contribution in [-0.4, -0.2) is 39.5 Å². The molecule has 8 nitrogen and oxygen atoms in total. The summed E-state index contributed by atoms with van der Waals surface area (Å²) in [7, 11) is 1.66. The molecule has 0 aliphatic heterocycles. The first-order chi connectivity index (χ1) is 11.5. The Hall–Kier alpha value is -2.19. The summed E-state index contributed by atoms with van der Waals surface area (Å²) < 4.78 is 6.94. The molecule has 0 radical (unpaired) electrons. The number of aromatic nitrogens is 4. The zero-order valence-electron chi connectivity index (χ0n) is 13.9. The number of nitrogens with zero attached hydrogens (tertiary/aromatic N) is 4. The molecular weight excluding hydrogens is 332 g/mol. The first-order valence-corrected chi connectivity index (χ1v) is 7.96. The van der Waals surface area contributed by atoms with Gasteiger partial charge in [0, 0.05) is 20.3 Å². The van der Waals surface area contributed by atoms with Crippen LogP contribution in [0.1, 0.15) is 30.9 Å². The minimum Gasteiger partial charge on any atom is -0.385 e. The Morgan fingerprint density at radius 2 is 2.25 bits per heavy atom. The van der Waals surface area contributed by atoms with E-state index in [1.54, 1.807) is 32.5 Å². The fourth-order valence-corrected chi connectivity index (χ4v) is 2.42. The Labute approximate surface area is 145 Å². The molecule has 0 fully saturated rings. The molecule has 0 saturated carbocycles. The lowest BCUT2D eigenvalue weighted by molar-refractivity contribution is 0.189. The summed E-state index contributed by atoms with van der Waals surface area (Å²) in [4.78, 5) is 16.3. The van der Waals surface area contributed by atoms with E-state index < -0.39 is 0 Å². The Morgan fingerprint density at radius 3 is 2.96 bits per heavy atom. The lowest BCUT2D eigenvalue weighted by Crippen LogP contribution is -2.33. The van der Waals surface area contributed by atoms with Crippen LogP contribution < -0.4 is 10.6 Å². The number of methoxy groups -OCH3 is 1. The number of nitrogens with one attached hydrogen (secondary N) is 2. The molecule has 0 saturated heterocycles. The van der Waals surface area contributed by atoms with Gasteiger partial charge in [-0.2, -0.15) is 0 Å². The van der Waals surface area contributed by atoms with Crippen molar-refractivity contribution in [1.29, 1.82) is 0 Å². The van der Waals surface area contributed by atoms with Crippen LogP contribution in [0.25, 0.3) is 0 Å². The highest BCUT2D eigenvalue weighted by molar-refractivity contribution is 6.29. The van der Waals surface area contributed by atoms with Crippen molar-refractivity contribution >= 4 is 23.3 Å². The van der Waals surface area contributed by atoms with Crippen LogP contribution in [-0.2, 0) is 11.3 Å². The Balaban J connectivity index is 1.95. The molecular formula is C15H21ClN6O2. The topological polar surface area (TPSA) is 94.0 Å². The number of anilines is 1. The molecule has 2 amide bonds. The first kappa shape index (κ1) is 18.2. The third-order valence-corrected chi connectivity index (χ3v) is 3.64. The highest BCUT2D eigenvalue weighted by Gasteiger charge is 2.16. The third kappa shape index (κ3) is 4.90. The van der Waals surface area contributed by atoms with Gasteiger partial charge in [0.25, 0.3) is 0 Å². The predicted octanol–water partition coefficient (Wildman–Crippen LogP) is 2.55. The van der Waals surface area contributed by atoms with Crippen LogP contribution in [0.4, 0.5) is 10.5 Å². The van der Waals surface area contributed by atoms with Crippen molar-refractivity contribution in [2.75, 3.05) is 19.0 Å². The summed E-state index contributed by atoms with van der Waals surface area (Å²) in [5.74, 6) is 0.687. The van der Waals surface area contributed by atoms with E-state index in [0.717, 1.165) is 13.0 Å². The molecule has 24 heavy (non-hydrogen) atoms. The van der Waals surface area contributed by atoms with Crippen LogP contribution in [0.3, 0.4) is 0 Å². The average molecular weight is 353 g/mol. The fourth-order valence-electron chi connectivity index (χ4n) is 2.23. The number of carbonyl (C=O) groups is 1. The van der Waals surface area contributed by atoms with E-state index >= 15 is 0 Å². The monoisotopic (exact) mass is 352 g/mol. The second kappa shape index (κ2) is 8.60. The van der Waals surface area contributed by atoms with Crippen molar-refractivity contribution in [2.24, 2.45) is 0 Å². The summed E-state index contributed by atoms with van der Waals surface area (Å²) in [6, 6.07) is 2.69. The summed E-state index contributed by atoms with van der Waals surface area (Å²) in [6.45, 7) is 5.01. The van der Waals surface area contributed by atoms with Gasteiger partial charge in [0.1, 0.15) is 11.5 Å². The van der Waals surface area contributed by atoms with E-state index in [4.69, 9.17) is 16.3 Å². The number of aryl methyl sites for hydroxylation is 2. The lowest BCUT2D eigenvalue weighted by Gasteiger charge is -2.16. The summed E-state index contributed by atoms with van der Waals surface area (Å²) in [6.07, 6.45) is 2.49. The number of ether oxygens (including phenoxy) is 1. The van der Waals surface area contributed by atoms with Crippen LogP contribution in [0, 0.1) is 6.92 Å². The Morgan fingerprint density at radius 1 is 1.46 bits per heavy atom. The SMILES string of the molecule is COCCCn1cnnc1[C@@H](C)NC(=O)Nc1ccc(Cl)nc1C. The number of hydrogen-bond acceptors (Lipinski definition) is 5. The van der Waals surface area contributed by atoms with Gasteiger partial charge in [-0.25, -0.2) is 9.78 Å². The minimum atomic E-state index is -0.346. The minimum absolute atomic E-state index is 0.296. The molecule has 9 heteroatoms. The van der Waals surface area contributed by atoms with Crippen LogP contribution >= 0.6 is 11.6 Å². The van der Waals surface area contributed by atoms with Gasteiger partial charge in [-0.05, 0) is 32.4 Å². The number of carbonyl (C=O) groups excluding carboxylic acids is 1. The number of urea groups is 1. The number of pyridine rings is 1. The van der Waals surface area contributed by atoms with Gasteiger partial charge >= 0.3 is 6.03 Å². The molecule has 2 aromatic rings. The number of halogens is 1. The van der Waals surface area contributed by atoms with Crippen molar-refractivity contribution in [3.05, 3.63) is 35.1 Å². The van der Waals surface area contributed by atoms with Crippen molar-refractivity contribution in [3.63, 3.8) is 0 Å². The number of hydrogen-bond donors (Lipinski definition) is 2. The summed E-state index contributed by atoms with van der Waals surface area (Å²) in [5, 5.41) is 14.0. The molecule has 2 N–H and O–H groups in total.